The minimum absolute atomic E-state index is 0.152. The molecule has 0 aliphatic carbocycles. The number of hydrogen-bond acceptors (Lipinski definition) is 2. The minimum atomic E-state index is 0.152. The van der Waals surface area contributed by atoms with E-state index in [-0.39, 0.29) is 5.91 Å². The quantitative estimate of drug-likeness (QED) is 0.880. The summed E-state index contributed by atoms with van der Waals surface area (Å²) in [6.07, 6.45) is 0.497. The zero-order valence-electron chi connectivity index (χ0n) is 12.7. The van der Waals surface area contributed by atoms with Crippen LogP contribution in [-0.2, 0) is 11.3 Å². The first kappa shape index (κ1) is 15.1. The number of amides is 1. The van der Waals surface area contributed by atoms with Crippen LogP contribution in [0.3, 0.4) is 0 Å². The van der Waals surface area contributed by atoms with Gasteiger partial charge >= 0.3 is 0 Å². The smallest absolute Gasteiger partial charge is 0.224 e. The molecule has 3 heteroatoms. The summed E-state index contributed by atoms with van der Waals surface area (Å²) in [6, 6.07) is 18.2. The number of carbonyl (C=O) groups excluding carboxylic acids is 1. The molecule has 1 N–H and O–H groups in total. The zero-order valence-corrected chi connectivity index (χ0v) is 12.7. The first-order valence-corrected chi connectivity index (χ1v) is 7.23. The summed E-state index contributed by atoms with van der Waals surface area (Å²) >= 11 is 0. The van der Waals surface area contributed by atoms with Crippen LogP contribution in [0.2, 0.25) is 0 Å². The summed E-state index contributed by atoms with van der Waals surface area (Å²) in [5.74, 6) is 0.152. The molecule has 0 unspecified atom stereocenters. The third-order valence-electron chi connectivity index (χ3n) is 3.37. The van der Waals surface area contributed by atoms with E-state index in [0.29, 0.717) is 19.5 Å². The molecule has 2 rings (SSSR count). The van der Waals surface area contributed by atoms with Gasteiger partial charge in [-0.15, -0.1) is 0 Å². The fourth-order valence-electron chi connectivity index (χ4n) is 2.21. The minimum Gasteiger partial charge on any atom is -0.385 e. The van der Waals surface area contributed by atoms with Gasteiger partial charge in [-0.05, 0) is 30.2 Å². The zero-order chi connectivity index (χ0) is 15.1. The molecule has 0 atom stereocenters. The topological polar surface area (TPSA) is 32.3 Å². The van der Waals surface area contributed by atoms with E-state index in [2.05, 4.69) is 24.4 Å². The highest BCUT2D eigenvalue weighted by molar-refractivity contribution is 5.76. The van der Waals surface area contributed by atoms with Crippen molar-refractivity contribution in [2.24, 2.45) is 0 Å². The van der Waals surface area contributed by atoms with Gasteiger partial charge in [-0.1, -0.05) is 42.5 Å². The predicted molar refractivity (Wildman–Crippen MR) is 87.2 cm³/mol. The fraction of sp³-hybridized carbons (Fsp3) is 0.278. The van der Waals surface area contributed by atoms with Crippen LogP contribution < -0.4 is 5.32 Å². The van der Waals surface area contributed by atoms with Gasteiger partial charge in [0.15, 0.2) is 0 Å². The molecule has 1 amide bonds. The van der Waals surface area contributed by atoms with Crippen molar-refractivity contribution < 1.29 is 4.79 Å². The third-order valence-corrected chi connectivity index (χ3v) is 3.37. The molecule has 0 radical (unpaired) electrons. The van der Waals surface area contributed by atoms with E-state index in [1.165, 1.54) is 5.56 Å². The molecule has 0 saturated heterocycles. The number of hydrogen-bond donors (Lipinski definition) is 1. The first-order valence-electron chi connectivity index (χ1n) is 7.23. The number of anilines is 1. The van der Waals surface area contributed by atoms with Crippen LogP contribution in [0.25, 0.3) is 0 Å². The molecule has 0 spiro atoms. The Bertz CT molecular complexity index is 581. The molecule has 3 nitrogen and oxygen atoms in total. The lowest BCUT2D eigenvalue weighted by Gasteiger charge is -2.17. The molecule has 0 aliphatic rings. The van der Waals surface area contributed by atoms with Crippen LogP contribution in [0.5, 0.6) is 0 Å². The van der Waals surface area contributed by atoms with Crippen molar-refractivity contribution in [2.75, 3.05) is 18.9 Å². The van der Waals surface area contributed by atoms with Crippen molar-refractivity contribution in [3.63, 3.8) is 0 Å². The Morgan fingerprint density at radius 1 is 1.10 bits per heavy atom. The monoisotopic (exact) mass is 282 g/mol. The Morgan fingerprint density at radius 3 is 2.57 bits per heavy atom. The molecule has 0 aliphatic heterocycles. The predicted octanol–water partition coefficient (Wildman–Crippen LogP) is 3.46. The van der Waals surface area contributed by atoms with Crippen molar-refractivity contribution >= 4 is 11.6 Å². The highest BCUT2D eigenvalue weighted by atomic mass is 16.2. The molecule has 0 fully saturated rings. The summed E-state index contributed by atoms with van der Waals surface area (Å²) < 4.78 is 0. The standard InChI is InChI=1S/C18H22N2O/c1-15-7-6-10-17(13-15)19-12-11-18(21)20(2)14-16-8-4-3-5-9-16/h3-10,13,19H,11-12,14H2,1-2H3. The van der Waals surface area contributed by atoms with Crippen molar-refractivity contribution in [3.8, 4) is 0 Å². The van der Waals surface area contributed by atoms with Crippen molar-refractivity contribution in [1.82, 2.24) is 4.90 Å². The number of nitrogens with one attached hydrogen (secondary N) is 1. The van der Waals surface area contributed by atoms with Crippen molar-refractivity contribution in [1.29, 1.82) is 0 Å². The Hall–Kier alpha value is -2.29. The SMILES string of the molecule is Cc1cccc(NCCC(=O)N(C)Cc2ccccc2)c1. The Labute approximate surface area is 126 Å². The average Bonchev–Trinajstić information content (AvgIpc) is 2.48. The van der Waals surface area contributed by atoms with E-state index < -0.39 is 0 Å². The van der Waals surface area contributed by atoms with Crippen molar-refractivity contribution in [3.05, 3.63) is 65.7 Å². The largest absolute Gasteiger partial charge is 0.385 e. The average molecular weight is 282 g/mol. The summed E-state index contributed by atoms with van der Waals surface area (Å²) in [5.41, 5.74) is 3.43. The van der Waals surface area contributed by atoms with Gasteiger partial charge in [-0.25, -0.2) is 0 Å². The van der Waals surface area contributed by atoms with Crippen LogP contribution in [0, 0.1) is 6.92 Å². The van der Waals surface area contributed by atoms with E-state index in [1.807, 2.05) is 49.5 Å². The van der Waals surface area contributed by atoms with Crippen LogP contribution in [0.4, 0.5) is 5.69 Å². The van der Waals surface area contributed by atoms with Gasteiger partial charge < -0.3 is 10.2 Å². The fourth-order valence-corrected chi connectivity index (χ4v) is 2.21. The molecule has 0 aromatic heterocycles. The molecule has 21 heavy (non-hydrogen) atoms. The number of rotatable bonds is 6. The van der Waals surface area contributed by atoms with E-state index >= 15 is 0 Å². The Morgan fingerprint density at radius 2 is 1.86 bits per heavy atom. The molecule has 0 bridgehead atoms. The molecule has 110 valence electrons. The van der Waals surface area contributed by atoms with E-state index in [4.69, 9.17) is 0 Å². The van der Waals surface area contributed by atoms with Gasteiger partial charge in [0.25, 0.3) is 0 Å². The maximum absolute atomic E-state index is 12.1. The second-order valence-corrected chi connectivity index (χ2v) is 5.28. The van der Waals surface area contributed by atoms with Crippen LogP contribution in [0.15, 0.2) is 54.6 Å². The lowest BCUT2D eigenvalue weighted by molar-refractivity contribution is -0.130. The molecule has 0 saturated carbocycles. The van der Waals surface area contributed by atoms with Gasteiger partial charge in [0.1, 0.15) is 0 Å². The second kappa shape index (κ2) is 7.48. The number of carbonyl (C=O) groups is 1. The summed E-state index contributed by atoms with van der Waals surface area (Å²) in [5, 5.41) is 3.29. The lowest BCUT2D eigenvalue weighted by Crippen LogP contribution is -2.27. The van der Waals surface area contributed by atoms with Gasteiger partial charge in [-0.2, -0.15) is 0 Å². The number of nitrogens with zero attached hydrogens (tertiary/aromatic N) is 1. The van der Waals surface area contributed by atoms with Gasteiger partial charge in [0.05, 0.1) is 0 Å². The molecule has 0 heterocycles. The van der Waals surface area contributed by atoms with E-state index in [9.17, 15) is 4.79 Å². The molecular formula is C18H22N2O. The maximum Gasteiger partial charge on any atom is 0.224 e. The van der Waals surface area contributed by atoms with Crippen LogP contribution >= 0.6 is 0 Å². The molecule has 2 aromatic rings. The summed E-state index contributed by atoms with van der Waals surface area (Å²) in [6.45, 7) is 3.37. The highest BCUT2D eigenvalue weighted by Crippen LogP contribution is 2.10. The normalized spacial score (nSPS) is 10.2. The van der Waals surface area contributed by atoms with E-state index in [0.717, 1.165) is 11.3 Å². The van der Waals surface area contributed by atoms with Crippen molar-refractivity contribution in [2.45, 2.75) is 19.9 Å². The first-order chi connectivity index (χ1) is 10.1. The Balaban J connectivity index is 1.76. The summed E-state index contributed by atoms with van der Waals surface area (Å²) in [4.78, 5) is 13.9. The van der Waals surface area contributed by atoms with E-state index in [1.54, 1.807) is 4.90 Å². The molecule has 2 aromatic carbocycles. The number of benzene rings is 2. The van der Waals surface area contributed by atoms with Gasteiger partial charge in [0, 0.05) is 32.2 Å². The Kier molecular flexibility index (Phi) is 5.38. The maximum atomic E-state index is 12.1. The second-order valence-electron chi connectivity index (χ2n) is 5.28. The third kappa shape index (κ3) is 4.95. The van der Waals surface area contributed by atoms with Gasteiger partial charge in [0.2, 0.25) is 5.91 Å². The number of aryl methyl sites for hydroxylation is 1. The van der Waals surface area contributed by atoms with Gasteiger partial charge in [-0.3, -0.25) is 4.79 Å². The van der Waals surface area contributed by atoms with Crippen LogP contribution in [0.1, 0.15) is 17.5 Å². The molecular weight excluding hydrogens is 260 g/mol. The lowest BCUT2D eigenvalue weighted by atomic mass is 10.2. The summed E-state index contributed by atoms with van der Waals surface area (Å²) in [7, 11) is 1.85. The van der Waals surface area contributed by atoms with Crippen LogP contribution in [-0.4, -0.2) is 24.4 Å². The highest BCUT2D eigenvalue weighted by Gasteiger charge is 2.08.